The zero-order valence-corrected chi connectivity index (χ0v) is 25.0. The van der Waals surface area contributed by atoms with Gasteiger partial charge >= 0.3 is 6.09 Å². The number of fused-ring (bicyclic) bond motifs is 2. The van der Waals surface area contributed by atoms with Gasteiger partial charge in [-0.15, -0.1) is 0 Å². The summed E-state index contributed by atoms with van der Waals surface area (Å²) in [6.45, 7) is 7.29. The van der Waals surface area contributed by atoms with Gasteiger partial charge in [0, 0.05) is 51.6 Å². The third kappa shape index (κ3) is 8.80. The predicted molar refractivity (Wildman–Crippen MR) is 155 cm³/mol. The number of ether oxygens (including phenoxy) is 5. The summed E-state index contributed by atoms with van der Waals surface area (Å²) in [6, 6.07) is 2.68. The number of aromatic hydroxyl groups is 2. The zero-order valence-electron chi connectivity index (χ0n) is 25.0. The number of hydrogen-bond acceptors (Lipinski definition) is 9. The van der Waals surface area contributed by atoms with E-state index in [1.807, 2.05) is 19.9 Å². The van der Waals surface area contributed by atoms with Gasteiger partial charge in [-0.2, -0.15) is 0 Å². The molecule has 0 saturated heterocycles. The van der Waals surface area contributed by atoms with Crippen LogP contribution < -0.4 is 11.1 Å². The van der Waals surface area contributed by atoms with Gasteiger partial charge in [-0.05, 0) is 37.8 Å². The summed E-state index contributed by atoms with van der Waals surface area (Å²) < 4.78 is 28.6. The van der Waals surface area contributed by atoms with Gasteiger partial charge in [-0.3, -0.25) is 4.79 Å². The lowest BCUT2D eigenvalue weighted by Crippen LogP contribution is -2.38. The van der Waals surface area contributed by atoms with Gasteiger partial charge in [0.05, 0.1) is 24.0 Å². The fraction of sp³-hybridized carbons (Fsp3) is 0.533. The highest BCUT2D eigenvalue weighted by Gasteiger charge is 2.33. The van der Waals surface area contributed by atoms with E-state index in [9.17, 15) is 19.8 Å². The number of methoxy groups -OCH3 is 4. The van der Waals surface area contributed by atoms with Crippen molar-refractivity contribution in [2.75, 3.05) is 33.8 Å². The molecular weight excluding hydrogens is 532 g/mol. The van der Waals surface area contributed by atoms with Crippen molar-refractivity contribution >= 4 is 17.7 Å². The standard InChI is InChI=1S/C30H44N2O9/c1-16-10-9-11-23(37-5)28(41-30(31)36)18(3)12-17(2)27(40-8)24(38-6)13-19(4)26(39-7)21-14-20(33)15-22(25(21)34)32-29(16)35/h9-12,14-15,17,19,23-24,26-28,33-34H,13H2,1-8H3,(H2,31,36)(H,32,35)/b11-9+,16-10-,18-12+/t17-,19-,23+,24+,26+,27-,28+/m1/s1. The largest absolute Gasteiger partial charge is 0.508 e. The number of primary amides is 1. The summed E-state index contributed by atoms with van der Waals surface area (Å²) >= 11 is 0. The second-order valence-electron chi connectivity index (χ2n) is 10.3. The van der Waals surface area contributed by atoms with Crippen molar-refractivity contribution in [3.8, 4) is 11.5 Å². The lowest BCUT2D eigenvalue weighted by Gasteiger charge is -2.33. The first-order valence-corrected chi connectivity index (χ1v) is 13.4. The molecule has 5 N–H and O–H groups in total. The first-order chi connectivity index (χ1) is 19.4. The summed E-state index contributed by atoms with van der Waals surface area (Å²) in [7, 11) is 6.15. The van der Waals surface area contributed by atoms with Gasteiger partial charge in [-0.25, -0.2) is 4.79 Å². The first-order valence-electron chi connectivity index (χ1n) is 13.4. The number of allylic oxidation sites excluding steroid dienone is 2. The van der Waals surface area contributed by atoms with Crippen LogP contribution in [0.1, 0.15) is 45.8 Å². The number of amides is 2. The molecule has 0 spiro atoms. The Bertz CT molecular complexity index is 1150. The highest BCUT2D eigenvalue weighted by Crippen LogP contribution is 2.41. The fourth-order valence-corrected chi connectivity index (χ4v) is 5.24. The molecule has 0 aromatic heterocycles. The van der Waals surface area contributed by atoms with Crippen molar-refractivity contribution in [1.29, 1.82) is 0 Å². The average molecular weight is 577 g/mol. The summed E-state index contributed by atoms with van der Waals surface area (Å²) in [4.78, 5) is 24.7. The van der Waals surface area contributed by atoms with Crippen molar-refractivity contribution < 1.29 is 43.5 Å². The maximum absolute atomic E-state index is 12.9. The second kappa shape index (κ2) is 15.6. The maximum atomic E-state index is 12.9. The number of benzene rings is 1. The molecule has 1 aliphatic heterocycles. The number of rotatable bonds is 5. The number of nitrogens with one attached hydrogen (secondary N) is 1. The molecule has 0 radical (unpaired) electrons. The Labute approximate surface area is 241 Å². The van der Waals surface area contributed by atoms with Crippen LogP contribution in [-0.2, 0) is 28.5 Å². The molecule has 2 amide bonds. The Kier molecular flexibility index (Phi) is 12.8. The summed E-state index contributed by atoms with van der Waals surface area (Å²) in [5.41, 5.74) is 6.71. The number of phenolic OH excluding ortho intramolecular Hbond substituents is 2. The third-order valence-corrected chi connectivity index (χ3v) is 7.31. The van der Waals surface area contributed by atoms with Crippen molar-refractivity contribution in [2.45, 2.75) is 64.6 Å². The van der Waals surface area contributed by atoms with E-state index in [1.54, 1.807) is 46.3 Å². The molecule has 1 aromatic carbocycles. The van der Waals surface area contributed by atoms with Gasteiger partial charge in [0.25, 0.3) is 5.91 Å². The molecule has 11 heteroatoms. The molecule has 0 aliphatic carbocycles. The number of nitrogens with two attached hydrogens (primary N) is 1. The molecule has 0 fully saturated rings. The molecule has 2 rings (SSSR count). The molecule has 1 aromatic rings. The van der Waals surface area contributed by atoms with Crippen molar-refractivity contribution in [3.63, 3.8) is 0 Å². The van der Waals surface area contributed by atoms with Gasteiger partial charge in [0.2, 0.25) is 0 Å². The number of hydrogen-bond donors (Lipinski definition) is 4. The third-order valence-electron chi connectivity index (χ3n) is 7.31. The summed E-state index contributed by atoms with van der Waals surface area (Å²) in [5.74, 6) is -1.30. The molecular formula is C30H44N2O9. The van der Waals surface area contributed by atoms with E-state index in [0.717, 1.165) is 0 Å². The maximum Gasteiger partial charge on any atom is 0.405 e. The SMILES string of the molecule is CO[C@@H]1[C@H](C)/C=C(\C)[C@H](OC(N)=O)[C@@H](OC)/C=C/C=C(/C)C(=O)Nc2cc(O)cc(c2O)[C@@H](OC)[C@H](C)C[C@@H]1OC. The van der Waals surface area contributed by atoms with E-state index < -0.39 is 42.5 Å². The van der Waals surface area contributed by atoms with Gasteiger partial charge in [0.15, 0.2) is 6.10 Å². The quantitative estimate of drug-likeness (QED) is 0.227. The Balaban J connectivity index is 2.71. The normalized spacial score (nSPS) is 31.7. The minimum absolute atomic E-state index is 0.0325. The second-order valence-corrected chi connectivity index (χ2v) is 10.3. The van der Waals surface area contributed by atoms with Gasteiger partial charge in [0.1, 0.15) is 17.6 Å². The van der Waals surface area contributed by atoms with Crippen molar-refractivity contribution in [3.05, 3.63) is 53.1 Å². The number of phenols is 2. The van der Waals surface area contributed by atoms with Crippen LogP contribution in [0.15, 0.2) is 47.6 Å². The van der Waals surface area contributed by atoms with Gasteiger partial charge in [-0.1, -0.05) is 38.2 Å². The molecule has 2 bridgehead atoms. The van der Waals surface area contributed by atoms with Crippen LogP contribution >= 0.6 is 0 Å². The highest BCUT2D eigenvalue weighted by molar-refractivity contribution is 6.04. The van der Waals surface area contributed by atoms with E-state index in [2.05, 4.69) is 5.32 Å². The lowest BCUT2D eigenvalue weighted by molar-refractivity contribution is -0.112. The monoisotopic (exact) mass is 576 g/mol. The summed E-state index contributed by atoms with van der Waals surface area (Å²) in [6.07, 6.45) is 3.14. The Hall–Kier alpha value is -3.38. The van der Waals surface area contributed by atoms with Crippen LogP contribution in [0, 0.1) is 11.8 Å². The average Bonchev–Trinajstić information content (AvgIpc) is 2.91. The number of carbonyl (C=O) groups is 2. The Morgan fingerprint density at radius 3 is 2.24 bits per heavy atom. The van der Waals surface area contributed by atoms with Crippen LogP contribution in [0.25, 0.3) is 0 Å². The highest BCUT2D eigenvalue weighted by atomic mass is 16.6. The molecule has 7 atom stereocenters. The molecule has 0 unspecified atom stereocenters. The number of carbonyl (C=O) groups excluding carboxylic acids is 2. The molecule has 0 saturated carbocycles. The van der Waals surface area contributed by atoms with Crippen LogP contribution in [0.2, 0.25) is 0 Å². The van der Waals surface area contributed by atoms with E-state index in [0.29, 0.717) is 23.1 Å². The fourth-order valence-electron chi connectivity index (χ4n) is 5.24. The lowest BCUT2D eigenvalue weighted by atomic mass is 9.86. The Morgan fingerprint density at radius 1 is 1.00 bits per heavy atom. The minimum atomic E-state index is -0.961. The van der Waals surface area contributed by atoms with Crippen LogP contribution in [-0.4, -0.2) is 75.1 Å². The van der Waals surface area contributed by atoms with Crippen LogP contribution in [0.3, 0.4) is 0 Å². The number of anilines is 1. The Morgan fingerprint density at radius 2 is 1.68 bits per heavy atom. The minimum Gasteiger partial charge on any atom is -0.508 e. The zero-order chi connectivity index (χ0) is 30.9. The molecule has 1 aliphatic rings. The van der Waals surface area contributed by atoms with E-state index >= 15 is 0 Å². The molecule has 11 nitrogen and oxygen atoms in total. The molecule has 41 heavy (non-hydrogen) atoms. The topological polar surface area (TPSA) is 159 Å². The summed E-state index contributed by atoms with van der Waals surface area (Å²) in [5, 5.41) is 24.2. The molecule has 228 valence electrons. The predicted octanol–water partition coefficient (Wildman–Crippen LogP) is 4.36. The van der Waals surface area contributed by atoms with Crippen LogP contribution in [0.5, 0.6) is 11.5 Å². The molecule has 1 heterocycles. The first kappa shape index (κ1) is 33.8. The van der Waals surface area contributed by atoms with E-state index in [-0.39, 0.29) is 29.0 Å². The smallest absolute Gasteiger partial charge is 0.405 e. The van der Waals surface area contributed by atoms with Crippen molar-refractivity contribution in [1.82, 2.24) is 0 Å². The van der Waals surface area contributed by atoms with Gasteiger partial charge < -0.3 is 44.9 Å². The van der Waals surface area contributed by atoms with E-state index in [1.165, 1.54) is 26.4 Å². The van der Waals surface area contributed by atoms with Crippen LogP contribution in [0.4, 0.5) is 10.5 Å². The van der Waals surface area contributed by atoms with E-state index in [4.69, 9.17) is 29.4 Å². The van der Waals surface area contributed by atoms with Crippen molar-refractivity contribution in [2.24, 2.45) is 17.6 Å².